The smallest absolute Gasteiger partial charge is 0.206 e. The molecule has 2 aromatic rings. The zero-order valence-corrected chi connectivity index (χ0v) is 28.9. The lowest BCUT2D eigenvalue weighted by molar-refractivity contribution is 0.101. The lowest BCUT2D eigenvalue weighted by Gasteiger charge is -2.15. The van der Waals surface area contributed by atoms with E-state index in [1.54, 1.807) is 38.1 Å². The Bertz CT molecular complexity index is 1690. The highest BCUT2D eigenvalue weighted by atomic mass is 16.1. The fourth-order valence-electron chi connectivity index (χ4n) is 4.28. The number of amidine groups is 2. The van der Waals surface area contributed by atoms with Gasteiger partial charge in [0.15, 0.2) is 11.6 Å². The number of guanidine groups is 4. The second kappa shape index (κ2) is 19.8. The quantitative estimate of drug-likeness (QED) is 0.0390. The minimum atomic E-state index is -0.360. The number of rotatable bonds is 16. The molecule has 18 N–H and O–H groups in total. The van der Waals surface area contributed by atoms with Crippen LogP contribution in [0.5, 0.6) is 0 Å². The van der Waals surface area contributed by atoms with Crippen molar-refractivity contribution >= 4 is 69.9 Å². The number of carbonyl (C=O) groups is 2. The third-order valence-electron chi connectivity index (χ3n) is 6.73. The zero-order chi connectivity index (χ0) is 38.1. The largest absolute Gasteiger partial charge is 0.369 e. The lowest BCUT2D eigenvalue weighted by atomic mass is 10.0. The molecule has 0 aliphatic heterocycles. The molecule has 0 radical (unpaired) electrons. The Hall–Kier alpha value is -6.86. The summed E-state index contributed by atoms with van der Waals surface area (Å²) in [6, 6.07) is 10.2. The number of benzene rings is 2. The molecule has 2 aromatic carbocycles. The predicted molar refractivity (Wildman–Crippen MR) is 203 cm³/mol. The van der Waals surface area contributed by atoms with Crippen LogP contribution in [0.3, 0.4) is 0 Å². The first-order valence-corrected chi connectivity index (χ1v) is 15.5. The first-order chi connectivity index (χ1) is 24.0. The lowest BCUT2D eigenvalue weighted by Crippen LogP contribution is -2.29. The summed E-state index contributed by atoms with van der Waals surface area (Å²) in [5.74, 6) is -0.871. The molecule has 0 heterocycles. The Morgan fingerprint density at radius 2 is 0.824 bits per heavy atom. The van der Waals surface area contributed by atoms with Gasteiger partial charge in [-0.15, -0.1) is 0 Å². The second-order valence-corrected chi connectivity index (χ2v) is 11.1. The fourth-order valence-corrected chi connectivity index (χ4v) is 4.28. The van der Waals surface area contributed by atoms with Gasteiger partial charge in [-0.05, 0) is 76.9 Å². The zero-order valence-electron chi connectivity index (χ0n) is 28.9. The minimum Gasteiger partial charge on any atom is -0.369 e. The van der Waals surface area contributed by atoms with Crippen molar-refractivity contribution in [3.05, 3.63) is 58.7 Å². The molecule has 0 bridgehead atoms. The van der Waals surface area contributed by atoms with Crippen LogP contribution in [0.2, 0.25) is 0 Å². The summed E-state index contributed by atoms with van der Waals surface area (Å²) < 4.78 is 0. The topological polar surface area (TPSA) is 355 Å². The van der Waals surface area contributed by atoms with Gasteiger partial charge in [0.25, 0.3) is 0 Å². The molecule has 20 heteroatoms. The van der Waals surface area contributed by atoms with Crippen LogP contribution in [-0.2, 0) is 0 Å². The van der Waals surface area contributed by atoms with E-state index in [1.807, 2.05) is 6.07 Å². The van der Waals surface area contributed by atoms with Gasteiger partial charge in [-0.1, -0.05) is 6.42 Å². The Morgan fingerprint density at radius 3 is 1.16 bits per heavy atom. The maximum absolute atomic E-state index is 12.1. The SMILES string of the molecule is CC(=O)c1cc(NC(CCCCCC(=NNC(=N)N)Nc2cc(C(C)=NNC(=N)N)cc(C(C)=NNC(=N)N)c2)=NNC(=N)N)cc(C(C)=O)c1. The molecule has 0 spiro atoms. The molecule has 0 aromatic heterocycles. The molecular formula is C31H46N18O2. The van der Waals surface area contributed by atoms with Gasteiger partial charge >= 0.3 is 0 Å². The van der Waals surface area contributed by atoms with E-state index < -0.39 is 0 Å². The van der Waals surface area contributed by atoms with Gasteiger partial charge in [0.05, 0.1) is 11.4 Å². The molecule has 0 atom stereocenters. The van der Waals surface area contributed by atoms with Gasteiger partial charge in [-0.2, -0.15) is 20.4 Å². The standard InChI is InChI=1S/C31H46N18O2/c1-16(42-46-28(32)33)20-10-21(17(2)43-47-29(34)35)13-24(12-20)40-26(44-48-30(36)37)8-6-5-7-9-27(45-49-31(38)39)41-25-14-22(18(3)50)11-23(15-25)19(4)51/h10-15H,5-9H2,1-4H3,(H,40,44)(H,41,45)(H4,32,33,46)(H4,34,35,47)(H4,36,37,48)(H4,38,39,49). The van der Waals surface area contributed by atoms with Crippen molar-refractivity contribution in [2.45, 2.75) is 59.8 Å². The molecule has 0 aliphatic carbocycles. The van der Waals surface area contributed by atoms with Gasteiger partial charge in [-0.25, -0.2) is 21.7 Å². The highest BCUT2D eigenvalue weighted by molar-refractivity contribution is 6.07. The summed E-state index contributed by atoms with van der Waals surface area (Å²) in [7, 11) is 0. The third kappa shape index (κ3) is 15.3. The highest BCUT2D eigenvalue weighted by Crippen LogP contribution is 2.20. The molecule has 2 rings (SSSR count). The number of ketones is 2. The van der Waals surface area contributed by atoms with Gasteiger partial charge < -0.3 is 33.6 Å². The molecule has 0 saturated carbocycles. The molecule has 51 heavy (non-hydrogen) atoms. The van der Waals surface area contributed by atoms with Crippen LogP contribution in [-0.4, -0.2) is 58.5 Å². The van der Waals surface area contributed by atoms with Crippen LogP contribution in [0.25, 0.3) is 0 Å². The summed E-state index contributed by atoms with van der Waals surface area (Å²) in [4.78, 5) is 24.1. The molecule has 0 unspecified atom stereocenters. The van der Waals surface area contributed by atoms with E-state index in [-0.39, 0.29) is 35.4 Å². The van der Waals surface area contributed by atoms with Gasteiger partial charge in [-0.3, -0.25) is 31.2 Å². The molecule has 0 saturated heterocycles. The molecule has 0 fully saturated rings. The number of hydrazone groups is 4. The van der Waals surface area contributed by atoms with E-state index in [4.69, 9.17) is 44.6 Å². The molecule has 272 valence electrons. The first kappa shape index (κ1) is 40.3. The summed E-state index contributed by atoms with van der Waals surface area (Å²) in [6.07, 6.45) is 2.85. The first-order valence-electron chi connectivity index (χ1n) is 15.5. The van der Waals surface area contributed by atoms with Crippen molar-refractivity contribution in [1.29, 1.82) is 21.6 Å². The Kier molecular flexibility index (Phi) is 15.7. The Balaban J connectivity index is 2.26. The van der Waals surface area contributed by atoms with Crippen molar-refractivity contribution in [2.24, 2.45) is 43.3 Å². The van der Waals surface area contributed by atoms with Crippen molar-refractivity contribution < 1.29 is 9.59 Å². The van der Waals surface area contributed by atoms with E-state index >= 15 is 0 Å². The van der Waals surface area contributed by atoms with E-state index in [9.17, 15) is 9.59 Å². The number of nitrogens with two attached hydrogens (primary N) is 4. The monoisotopic (exact) mass is 702 g/mol. The van der Waals surface area contributed by atoms with Crippen molar-refractivity contribution in [3.63, 3.8) is 0 Å². The van der Waals surface area contributed by atoms with E-state index in [0.717, 1.165) is 0 Å². The molecule has 20 nitrogen and oxygen atoms in total. The van der Waals surface area contributed by atoms with Crippen LogP contribution in [0.15, 0.2) is 56.8 Å². The van der Waals surface area contributed by atoms with Crippen LogP contribution in [0.4, 0.5) is 11.4 Å². The predicted octanol–water partition coefficient (Wildman–Crippen LogP) is 1.57. The maximum Gasteiger partial charge on any atom is 0.206 e. The summed E-state index contributed by atoms with van der Waals surface area (Å²) in [5, 5.41) is 53.0. The highest BCUT2D eigenvalue weighted by Gasteiger charge is 2.12. The molecule has 0 aliphatic rings. The van der Waals surface area contributed by atoms with Gasteiger partial charge in [0.1, 0.15) is 11.7 Å². The summed E-state index contributed by atoms with van der Waals surface area (Å²) in [5.41, 5.74) is 35.6. The third-order valence-corrected chi connectivity index (χ3v) is 6.73. The van der Waals surface area contributed by atoms with Crippen molar-refractivity contribution in [2.75, 3.05) is 10.6 Å². The average molecular weight is 703 g/mol. The van der Waals surface area contributed by atoms with Crippen LogP contribution >= 0.6 is 0 Å². The summed E-state index contributed by atoms with van der Waals surface area (Å²) in [6.45, 7) is 6.28. The van der Waals surface area contributed by atoms with Gasteiger partial charge in [0, 0.05) is 46.5 Å². The van der Waals surface area contributed by atoms with Crippen LogP contribution in [0, 0.1) is 21.6 Å². The average Bonchev–Trinajstić information content (AvgIpc) is 3.06. The van der Waals surface area contributed by atoms with E-state index in [2.05, 4.69) is 52.7 Å². The minimum absolute atomic E-state index is 0.198. The van der Waals surface area contributed by atoms with Crippen LogP contribution < -0.4 is 55.3 Å². The van der Waals surface area contributed by atoms with Gasteiger partial charge in [0.2, 0.25) is 23.8 Å². The Morgan fingerprint density at radius 1 is 0.510 bits per heavy atom. The number of carbonyl (C=O) groups excluding carboxylic acids is 2. The van der Waals surface area contributed by atoms with E-state index in [0.29, 0.717) is 88.8 Å². The number of hydrogen-bond acceptors (Lipinski definition) is 10. The summed E-state index contributed by atoms with van der Waals surface area (Å²) >= 11 is 0. The second-order valence-electron chi connectivity index (χ2n) is 11.1. The fraction of sp³-hybridized carbons (Fsp3) is 0.290. The number of Topliss-reactive ketones (excluding diaryl/α,β-unsaturated/α-hetero) is 2. The van der Waals surface area contributed by atoms with Crippen molar-refractivity contribution in [1.82, 2.24) is 21.7 Å². The molecular weight excluding hydrogens is 656 g/mol. The van der Waals surface area contributed by atoms with E-state index in [1.165, 1.54) is 19.9 Å². The van der Waals surface area contributed by atoms with Crippen LogP contribution in [0.1, 0.15) is 91.6 Å². The molecule has 0 amide bonds. The normalized spacial score (nSPS) is 12.0. The maximum atomic E-state index is 12.1. The Labute approximate surface area is 295 Å². The number of nitrogens with one attached hydrogen (secondary N) is 10. The number of hydrogen-bond donors (Lipinski definition) is 14. The number of anilines is 2. The number of unbranched alkanes of at least 4 members (excludes halogenated alkanes) is 2. The number of nitrogens with zero attached hydrogens (tertiary/aromatic N) is 4. The van der Waals surface area contributed by atoms with Crippen molar-refractivity contribution in [3.8, 4) is 0 Å².